The van der Waals surface area contributed by atoms with Crippen LogP contribution in [0, 0.1) is 23.7 Å². The molecule has 0 radical (unpaired) electrons. The average Bonchev–Trinajstić information content (AvgIpc) is 3.04. The molecule has 0 spiro atoms. The molecule has 4 aliphatic rings. The van der Waals surface area contributed by atoms with Crippen molar-refractivity contribution in [2.24, 2.45) is 23.7 Å². The van der Waals surface area contributed by atoms with E-state index in [-0.39, 0.29) is 29.5 Å². The van der Waals surface area contributed by atoms with Gasteiger partial charge >= 0.3 is 6.03 Å². The third kappa shape index (κ3) is 10.2. The number of nitrogens with zero attached hydrogens (tertiary/aromatic N) is 2. The third-order valence-electron chi connectivity index (χ3n) is 11.1. The number of ether oxygens (including phenoxy) is 2. The highest BCUT2D eigenvalue weighted by atomic mass is 16.5. The molecule has 0 aromatic carbocycles. The van der Waals surface area contributed by atoms with Crippen LogP contribution in [0.25, 0.3) is 0 Å². The van der Waals surface area contributed by atoms with E-state index < -0.39 is 0 Å². The molecule has 1 saturated heterocycles. The van der Waals surface area contributed by atoms with Gasteiger partial charge in [-0.05, 0) is 94.8 Å². The molecule has 7 nitrogen and oxygen atoms in total. The van der Waals surface area contributed by atoms with E-state index in [9.17, 15) is 9.59 Å². The predicted octanol–water partition coefficient (Wildman–Crippen LogP) is 7.34. The Morgan fingerprint density at radius 1 is 1.05 bits per heavy atom. The molecule has 0 aromatic rings. The molecule has 246 valence electrons. The molecule has 7 heteroatoms. The second-order valence-corrected chi connectivity index (χ2v) is 15.0. The molecule has 4 rings (SSSR count). The summed E-state index contributed by atoms with van der Waals surface area (Å²) < 4.78 is 12.3. The molecule has 2 aliphatic heterocycles. The van der Waals surface area contributed by atoms with E-state index in [1.54, 1.807) is 0 Å². The number of nitrogens with one attached hydrogen (secondary N) is 1. The molecular formula is C36H63N3O4. The average molecular weight is 602 g/mol. The Morgan fingerprint density at radius 3 is 2.37 bits per heavy atom. The Balaban J connectivity index is 1.23. The summed E-state index contributed by atoms with van der Waals surface area (Å²) in [5, 5.41) is 3.29. The van der Waals surface area contributed by atoms with E-state index >= 15 is 0 Å². The van der Waals surface area contributed by atoms with Crippen LogP contribution in [-0.4, -0.2) is 79.4 Å². The highest BCUT2D eigenvalue weighted by Gasteiger charge is 2.38. The lowest BCUT2D eigenvalue weighted by Gasteiger charge is -2.42. The first kappa shape index (κ1) is 34.3. The summed E-state index contributed by atoms with van der Waals surface area (Å²) >= 11 is 0. The van der Waals surface area contributed by atoms with Crippen LogP contribution in [0.15, 0.2) is 11.6 Å². The zero-order valence-corrected chi connectivity index (χ0v) is 28.2. The van der Waals surface area contributed by atoms with Crippen molar-refractivity contribution >= 4 is 11.9 Å². The van der Waals surface area contributed by atoms with E-state index in [0.717, 1.165) is 83.6 Å². The fraction of sp³-hybridized carbons (Fsp3) is 0.889. The van der Waals surface area contributed by atoms with Gasteiger partial charge in [0.15, 0.2) is 0 Å². The SMILES string of the molecule is CC(C)CCC1(OCC(C)C(=O)N(C)C2CCOCC2)CCC(CC(C)C2=CCN(C(=O)NC3CCCCC3)CC2)CC1. The zero-order valence-electron chi connectivity index (χ0n) is 28.2. The number of amides is 3. The van der Waals surface area contributed by atoms with E-state index in [4.69, 9.17) is 9.47 Å². The number of rotatable bonds is 12. The molecule has 43 heavy (non-hydrogen) atoms. The Hall–Kier alpha value is -1.60. The van der Waals surface area contributed by atoms with Crippen LogP contribution in [0.3, 0.4) is 0 Å². The number of carbonyl (C=O) groups is 2. The molecule has 0 aromatic heterocycles. The fourth-order valence-electron chi connectivity index (χ4n) is 7.91. The fourth-order valence-corrected chi connectivity index (χ4v) is 7.91. The summed E-state index contributed by atoms with van der Waals surface area (Å²) in [6, 6.07) is 0.791. The van der Waals surface area contributed by atoms with Crippen LogP contribution in [0.1, 0.15) is 124 Å². The van der Waals surface area contributed by atoms with Crippen LogP contribution in [0.2, 0.25) is 0 Å². The number of hydrogen-bond donors (Lipinski definition) is 1. The Bertz CT molecular complexity index is 900. The first-order chi connectivity index (χ1) is 20.7. The molecule has 0 bridgehead atoms. The molecule has 2 heterocycles. The quantitative estimate of drug-likeness (QED) is 0.238. The molecular weight excluding hydrogens is 538 g/mol. The molecule has 3 amide bonds. The molecule has 3 fully saturated rings. The van der Waals surface area contributed by atoms with Gasteiger partial charge in [-0.3, -0.25) is 4.79 Å². The van der Waals surface area contributed by atoms with Crippen molar-refractivity contribution in [2.75, 3.05) is 40.0 Å². The topological polar surface area (TPSA) is 71.1 Å². The minimum Gasteiger partial charge on any atom is -0.381 e. The number of carbonyl (C=O) groups excluding carboxylic acids is 2. The maximum absolute atomic E-state index is 13.2. The first-order valence-corrected chi connectivity index (χ1v) is 17.9. The van der Waals surface area contributed by atoms with Crippen molar-refractivity contribution in [3.8, 4) is 0 Å². The summed E-state index contributed by atoms with van der Waals surface area (Å²) in [5.74, 6) is 2.02. The zero-order chi connectivity index (χ0) is 30.8. The van der Waals surface area contributed by atoms with Gasteiger partial charge in [0.05, 0.1) is 18.1 Å². The van der Waals surface area contributed by atoms with E-state index in [1.165, 1.54) is 50.5 Å². The van der Waals surface area contributed by atoms with Gasteiger partial charge in [0.1, 0.15) is 0 Å². The normalized spacial score (nSPS) is 27.4. The third-order valence-corrected chi connectivity index (χ3v) is 11.1. The molecule has 2 aliphatic carbocycles. The van der Waals surface area contributed by atoms with Crippen molar-refractivity contribution in [3.05, 3.63) is 11.6 Å². The highest BCUT2D eigenvalue weighted by molar-refractivity contribution is 5.78. The van der Waals surface area contributed by atoms with Gasteiger partial charge in [-0.15, -0.1) is 0 Å². The summed E-state index contributed by atoms with van der Waals surface area (Å²) in [7, 11) is 1.96. The monoisotopic (exact) mass is 601 g/mol. The van der Waals surface area contributed by atoms with Crippen molar-refractivity contribution in [2.45, 2.75) is 142 Å². The minimum absolute atomic E-state index is 0.0912. The summed E-state index contributed by atoms with van der Waals surface area (Å²) in [5.41, 5.74) is 1.45. The van der Waals surface area contributed by atoms with Gasteiger partial charge in [-0.2, -0.15) is 0 Å². The standard InChI is InChI=1S/C36H63N3O4/c1-27(2)11-18-36(43-26-29(4)34(40)38(5)33-16-23-42-24-17-33)19-12-30(13-20-36)25-28(3)31-14-21-39(22-15-31)35(41)37-32-9-7-6-8-10-32/h14,27-30,32-33H,6-13,15-26H2,1-5H3,(H,37,41). The molecule has 2 unspecified atom stereocenters. The van der Waals surface area contributed by atoms with Crippen LogP contribution in [0.5, 0.6) is 0 Å². The van der Waals surface area contributed by atoms with Gasteiger partial charge in [-0.1, -0.05) is 58.6 Å². The van der Waals surface area contributed by atoms with Gasteiger partial charge in [-0.25, -0.2) is 4.79 Å². The van der Waals surface area contributed by atoms with Crippen molar-refractivity contribution < 1.29 is 19.1 Å². The smallest absolute Gasteiger partial charge is 0.317 e. The van der Waals surface area contributed by atoms with Crippen LogP contribution in [-0.2, 0) is 14.3 Å². The number of urea groups is 1. The predicted molar refractivity (Wildman–Crippen MR) is 174 cm³/mol. The van der Waals surface area contributed by atoms with E-state index in [1.807, 2.05) is 23.8 Å². The largest absolute Gasteiger partial charge is 0.381 e. The Morgan fingerprint density at radius 2 is 1.74 bits per heavy atom. The van der Waals surface area contributed by atoms with Gasteiger partial charge in [0, 0.05) is 45.4 Å². The lowest BCUT2D eigenvalue weighted by molar-refractivity contribution is -0.145. The minimum atomic E-state index is -0.121. The maximum atomic E-state index is 13.2. The van der Waals surface area contributed by atoms with Crippen molar-refractivity contribution in [1.29, 1.82) is 0 Å². The molecule has 2 atom stereocenters. The maximum Gasteiger partial charge on any atom is 0.317 e. The van der Waals surface area contributed by atoms with Gasteiger partial charge in [0.2, 0.25) is 5.91 Å². The van der Waals surface area contributed by atoms with Crippen molar-refractivity contribution in [1.82, 2.24) is 15.1 Å². The number of hydrogen-bond acceptors (Lipinski definition) is 4. The first-order valence-electron chi connectivity index (χ1n) is 17.9. The summed E-state index contributed by atoms with van der Waals surface area (Å²) in [6.45, 7) is 12.6. The Kier molecular flexibility index (Phi) is 13.3. The molecule has 2 saturated carbocycles. The second kappa shape index (κ2) is 16.6. The van der Waals surface area contributed by atoms with Crippen LogP contribution >= 0.6 is 0 Å². The summed E-state index contributed by atoms with van der Waals surface area (Å²) in [4.78, 5) is 30.0. The van der Waals surface area contributed by atoms with Crippen molar-refractivity contribution in [3.63, 3.8) is 0 Å². The van der Waals surface area contributed by atoms with Gasteiger partial charge < -0.3 is 24.6 Å². The lowest BCUT2D eigenvalue weighted by atomic mass is 9.72. The van der Waals surface area contributed by atoms with E-state index in [0.29, 0.717) is 24.5 Å². The van der Waals surface area contributed by atoms with E-state index in [2.05, 4.69) is 32.2 Å². The highest BCUT2D eigenvalue weighted by Crippen LogP contribution is 2.42. The van der Waals surface area contributed by atoms with Crippen LogP contribution < -0.4 is 5.32 Å². The van der Waals surface area contributed by atoms with Crippen LogP contribution in [0.4, 0.5) is 4.79 Å². The second-order valence-electron chi connectivity index (χ2n) is 15.0. The molecule has 1 N–H and O–H groups in total. The lowest BCUT2D eigenvalue weighted by Crippen LogP contribution is -2.47. The Labute approximate surface area is 262 Å². The summed E-state index contributed by atoms with van der Waals surface area (Å²) in [6.07, 6.45) is 19.3. The van der Waals surface area contributed by atoms with Gasteiger partial charge in [0.25, 0.3) is 0 Å².